The van der Waals surface area contributed by atoms with E-state index in [1.54, 1.807) is 63.2 Å². The lowest BCUT2D eigenvalue weighted by atomic mass is 9.76. The molecule has 29 heavy (non-hydrogen) atoms. The number of halogens is 1. The second-order valence-corrected chi connectivity index (χ2v) is 8.71. The maximum atomic E-state index is 13.4. The average Bonchev–Trinajstić information content (AvgIpc) is 2.93. The molecule has 0 saturated carbocycles. The van der Waals surface area contributed by atoms with Crippen molar-refractivity contribution >= 4 is 27.9 Å². The van der Waals surface area contributed by atoms with E-state index >= 15 is 0 Å². The van der Waals surface area contributed by atoms with E-state index in [-0.39, 0.29) is 11.1 Å². The third kappa shape index (κ3) is 4.03. The molecule has 2 aromatic rings. The second kappa shape index (κ2) is 7.59. The van der Waals surface area contributed by atoms with Gasteiger partial charge >= 0.3 is 11.9 Å². The molecule has 1 aliphatic heterocycles. The molecule has 7 nitrogen and oxygen atoms in total. The molecule has 0 saturated heterocycles. The fraction of sp³-hybridized carbons (Fsp3) is 0.333. The third-order valence-corrected chi connectivity index (χ3v) is 5.13. The first-order chi connectivity index (χ1) is 13.5. The fourth-order valence-corrected chi connectivity index (χ4v) is 3.72. The molecule has 2 aromatic carbocycles. The van der Waals surface area contributed by atoms with E-state index < -0.39 is 40.5 Å². The van der Waals surface area contributed by atoms with Crippen LogP contribution in [0.5, 0.6) is 0 Å². The topological polar surface area (TPSA) is 95.7 Å². The molecule has 1 aliphatic rings. The van der Waals surface area contributed by atoms with Crippen LogP contribution in [0.4, 0.5) is 0 Å². The number of ether oxygens (including phenoxy) is 2. The Balaban J connectivity index is 2.26. The molecule has 2 atom stereocenters. The lowest BCUT2D eigenvalue weighted by molar-refractivity contribution is -0.486. The number of cyclic esters (lactones) is 1. The summed E-state index contributed by atoms with van der Waals surface area (Å²) in [5.74, 6) is -2.62. The average molecular weight is 462 g/mol. The molecule has 0 unspecified atom stereocenters. The highest BCUT2D eigenvalue weighted by molar-refractivity contribution is 9.10. The highest BCUT2D eigenvalue weighted by Gasteiger charge is 2.60. The van der Waals surface area contributed by atoms with Crippen LogP contribution in [0, 0.1) is 10.1 Å². The minimum atomic E-state index is -1.96. The molecule has 1 heterocycles. The Morgan fingerprint density at radius 3 is 2.41 bits per heavy atom. The van der Waals surface area contributed by atoms with E-state index in [1.165, 1.54) is 6.07 Å². The van der Waals surface area contributed by atoms with Gasteiger partial charge in [0.2, 0.25) is 12.1 Å². The summed E-state index contributed by atoms with van der Waals surface area (Å²) < 4.78 is 12.0. The van der Waals surface area contributed by atoms with Crippen molar-refractivity contribution in [2.75, 3.05) is 6.54 Å². The molecule has 0 N–H and O–H groups in total. The number of rotatable bonds is 5. The maximum absolute atomic E-state index is 13.4. The largest absolute Gasteiger partial charge is 0.457 e. The molecule has 0 amide bonds. The van der Waals surface area contributed by atoms with Crippen LogP contribution >= 0.6 is 15.9 Å². The quantitative estimate of drug-likeness (QED) is 0.375. The van der Waals surface area contributed by atoms with E-state index in [4.69, 9.17) is 9.47 Å². The molecule has 0 bridgehead atoms. The lowest BCUT2D eigenvalue weighted by Crippen LogP contribution is -2.48. The van der Waals surface area contributed by atoms with Crippen molar-refractivity contribution < 1.29 is 24.0 Å². The van der Waals surface area contributed by atoms with Gasteiger partial charge in [-0.1, -0.05) is 46.3 Å². The third-order valence-electron chi connectivity index (χ3n) is 4.60. The zero-order chi connectivity index (χ0) is 21.4. The highest BCUT2D eigenvalue weighted by atomic mass is 79.9. The minimum Gasteiger partial charge on any atom is -0.457 e. The Morgan fingerprint density at radius 2 is 1.83 bits per heavy atom. The smallest absolute Gasteiger partial charge is 0.356 e. The summed E-state index contributed by atoms with van der Waals surface area (Å²) in [4.78, 5) is 37.1. The SMILES string of the molecule is CC(C)(C)OC(=O)[C@@]1([C@@H](C[N+](=O)[O-])c2ccc(Br)cc2)OC(=O)c2ccccc21. The van der Waals surface area contributed by atoms with Gasteiger partial charge in [-0.05, 0) is 44.5 Å². The number of carbonyl (C=O) groups excluding carboxylic acids is 2. The van der Waals surface area contributed by atoms with Crippen molar-refractivity contribution in [3.63, 3.8) is 0 Å². The van der Waals surface area contributed by atoms with Gasteiger partial charge in [-0.25, -0.2) is 9.59 Å². The number of hydrogen-bond acceptors (Lipinski definition) is 6. The van der Waals surface area contributed by atoms with E-state index in [1.807, 2.05) is 0 Å². The van der Waals surface area contributed by atoms with Gasteiger partial charge in [0.15, 0.2) is 0 Å². The summed E-state index contributed by atoms with van der Waals surface area (Å²) in [5.41, 5.74) is -1.88. The monoisotopic (exact) mass is 461 g/mol. The number of esters is 2. The maximum Gasteiger partial charge on any atom is 0.356 e. The Bertz CT molecular complexity index is 966. The summed E-state index contributed by atoms with van der Waals surface area (Å²) in [6, 6.07) is 13.2. The molecule has 3 rings (SSSR count). The van der Waals surface area contributed by atoms with Gasteiger partial charge in [-0.15, -0.1) is 0 Å². The summed E-state index contributed by atoms with van der Waals surface area (Å²) in [5, 5.41) is 11.6. The van der Waals surface area contributed by atoms with Crippen molar-refractivity contribution in [3.05, 3.63) is 79.8 Å². The van der Waals surface area contributed by atoms with E-state index in [2.05, 4.69) is 15.9 Å². The number of nitro groups is 1. The van der Waals surface area contributed by atoms with Crippen LogP contribution in [0.15, 0.2) is 53.0 Å². The molecule has 8 heteroatoms. The normalized spacial score (nSPS) is 19.2. The molecule has 0 radical (unpaired) electrons. The van der Waals surface area contributed by atoms with Gasteiger partial charge in [-0.2, -0.15) is 0 Å². The molecule has 0 spiro atoms. The number of hydrogen-bond donors (Lipinski definition) is 0. The van der Waals surface area contributed by atoms with Crippen molar-refractivity contribution in [3.8, 4) is 0 Å². The number of benzene rings is 2. The van der Waals surface area contributed by atoms with Crippen molar-refractivity contribution in [2.45, 2.75) is 37.9 Å². The molecule has 0 fully saturated rings. The number of nitrogens with zero attached hydrogens (tertiary/aromatic N) is 1. The van der Waals surface area contributed by atoms with Gasteiger partial charge in [0.1, 0.15) is 11.5 Å². The second-order valence-electron chi connectivity index (χ2n) is 7.79. The van der Waals surface area contributed by atoms with Gasteiger partial charge in [0.25, 0.3) is 0 Å². The van der Waals surface area contributed by atoms with E-state index in [0.717, 1.165) is 4.47 Å². The van der Waals surface area contributed by atoms with Crippen molar-refractivity contribution in [1.29, 1.82) is 0 Å². The lowest BCUT2D eigenvalue weighted by Gasteiger charge is -2.35. The van der Waals surface area contributed by atoms with Gasteiger partial charge in [0.05, 0.1) is 5.56 Å². The molecular weight excluding hydrogens is 442 g/mol. The van der Waals surface area contributed by atoms with E-state index in [0.29, 0.717) is 5.56 Å². The molecule has 152 valence electrons. The zero-order valence-electron chi connectivity index (χ0n) is 16.2. The highest BCUT2D eigenvalue weighted by Crippen LogP contribution is 2.48. The summed E-state index contributed by atoms with van der Waals surface area (Å²) in [7, 11) is 0. The Kier molecular flexibility index (Phi) is 5.49. The Morgan fingerprint density at radius 1 is 1.21 bits per heavy atom. The zero-order valence-corrected chi connectivity index (χ0v) is 17.8. The Hall–Kier alpha value is -2.74. The minimum absolute atomic E-state index is 0.198. The van der Waals surface area contributed by atoms with Crippen LogP contribution in [-0.2, 0) is 19.9 Å². The number of carbonyl (C=O) groups is 2. The van der Waals surface area contributed by atoms with Crippen LogP contribution in [0.3, 0.4) is 0 Å². The number of fused-ring (bicyclic) bond motifs is 1. The first kappa shape index (κ1) is 21.0. The van der Waals surface area contributed by atoms with Crippen LogP contribution < -0.4 is 0 Å². The van der Waals surface area contributed by atoms with Gasteiger partial charge < -0.3 is 9.47 Å². The van der Waals surface area contributed by atoms with Gasteiger partial charge in [0, 0.05) is 15.0 Å². The van der Waals surface area contributed by atoms with Crippen LogP contribution in [-0.4, -0.2) is 29.0 Å². The van der Waals surface area contributed by atoms with Crippen LogP contribution in [0.25, 0.3) is 0 Å². The molecule has 0 aliphatic carbocycles. The van der Waals surface area contributed by atoms with E-state index in [9.17, 15) is 19.7 Å². The summed E-state index contributed by atoms with van der Waals surface area (Å²) >= 11 is 3.34. The summed E-state index contributed by atoms with van der Waals surface area (Å²) in [6.07, 6.45) is 0. The predicted octanol–water partition coefficient (Wildman–Crippen LogP) is 4.22. The van der Waals surface area contributed by atoms with Crippen LogP contribution in [0.2, 0.25) is 0 Å². The van der Waals surface area contributed by atoms with Crippen LogP contribution in [0.1, 0.15) is 48.2 Å². The van der Waals surface area contributed by atoms with Crippen molar-refractivity contribution in [1.82, 2.24) is 0 Å². The predicted molar refractivity (Wildman–Crippen MR) is 108 cm³/mol. The molecule has 0 aromatic heterocycles. The summed E-state index contributed by atoms with van der Waals surface area (Å²) in [6.45, 7) is 4.43. The van der Waals surface area contributed by atoms with Gasteiger partial charge in [-0.3, -0.25) is 10.1 Å². The standard InChI is InChI=1S/C21H20BrNO6/c1-20(2,3)29-19(25)21(16-7-5-4-6-15(16)18(24)28-21)17(12-23(26)27)13-8-10-14(22)11-9-13/h4-11,17H,12H2,1-3H3/t17-,21+/m0/s1. The fourth-order valence-electron chi connectivity index (χ4n) is 3.46. The first-order valence-electron chi connectivity index (χ1n) is 8.98. The Labute approximate surface area is 176 Å². The van der Waals surface area contributed by atoms with Crippen molar-refractivity contribution in [2.24, 2.45) is 0 Å². The first-order valence-corrected chi connectivity index (χ1v) is 9.77. The molecular formula is C21H20BrNO6.